The van der Waals surface area contributed by atoms with Crippen molar-refractivity contribution in [2.75, 3.05) is 10.7 Å². The van der Waals surface area contributed by atoms with E-state index in [2.05, 4.69) is 27.6 Å². The van der Waals surface area contributed by atoms with Crippen LogP contribution in [0.1, 0.15) is 38.3 Å². The predicted molar refractivity (Wildman–Crippen MR) is 65.1 cm³/mol. The molecule has 1 saturated carbocycles. The van der Waals surface area contributed by atoms with Crippen molar-refractivity contribution in [2.45, 2.75) is 45.1 Å². The number of hydrogen-bond acceptors (Lipinski definition) is 5. The average molecular weight is 221 g/mol. The van der Waals surface area contributed by atoms with Gasteiger partial charge in [-0.3, -0.25) is 5.43 Å². The standard InChI is InChI=1S/C11H19N5/c1-8-7-9(14-10(13-8)16-12)15-11(2)5-3-4-6-11/h7H,3-6,12H2,1-2H3,(H2,13,14,15,16). The van der Waals surface area contributed by atoms with Crippen LogP contribution in [-0.2, 0) is 0 Å². The summed E-state index contributed by atoms with van der Waals surface area (Å²) in [5.41, 5.74) is 3.57. The lowest BCUT2D eigenvalue weighted by Crippen LogP contribution is -2.31. The Morgan fingerprint density at radius 3 is 2.62 bits per heavy atom. The number of anilines is 2. The van der Waals surface area contributed by atoms with E-state index in [1.165, 1.54) is 25.7 Å². The first-order valence-corrected chi connectivity index (χ1v) is 5.72. The van der Waals surface area contributed by atoms with E-state index in [0.717, 1.165) is 11.5 Å². The van der Waals surface area contributed by atoms with Crippen LogP contribution in [-0.4, -0.2) is 15.5 Å². The molecule has 88 valence electrons. The van der Waals surface area contributed by atoms with E-state index in [9.17, 15) is 0 Å². The van der Waals surface area contributed by atoms with Gasteiger partial charge in [-0.05, 0) is 26.7 Å². The van der Waals surface area contributed by atoms with Crippen LogP contribution < -0.4 is 16.6 Å². The van der Waals surface area contributed by atoms with Crippen LogP contribution in [0, 0.1) is 6.92 Å². The molecule has 0 amide bonds. The number of nitrogen functional groups attached to an aromatic ring is 1. The molecule has 1 fully saturated rings. The van der Waals surface area contributed by atoms with Gasteiger partial charge < -0.3 is 5.32 Å². The zero-order valence-electron chi connectivity index (χ0n) is 9.88. The minimum absolute atomic E-state index is 0.173. The van der Waals surface area contributed by atoms with Crippen LogP contribution in [0.5, 0.6) is 0 Å². The Labute approximate surface area is 95.8 Å². The SMILES string of the molecule is Cc1cc(NC2(C)CCCC2)nc(NN)n1. The lowest BCUT2D eigenvalue weighted by Gasteiger charge is -2.26. The lowest BCUT2D eigenvalue weighted by molar-refractivity contribution is 0.531. The fourth-order valence-corrected chi connectivity index (χ4v) is 2.29. The Balaban J connectivity index is 2.17. The first-order chi connectivity index (χ1) is 7.61. The molecule has 5 nitrogen and oxygen atoms in total. The van der Waals surface area contributed by atoms with Crippen LogP contribution in [0.2, 0.25) is 0 Å². The van der Waals surface area contributed by atoms with E-state index in [0.29, 0.717) is 5.95 Å². The maximum absolute atomic E-state index is 5.33. The maximum Gasteiger partial charge on any atom is 0.239 e. The number of hydrazine groups is 1. The van der Waals surface area contributed by atoms with Crippen LogP contribution in [0.15, 0.2) is 6.07 Å². The number of nitrogens with two attached hydrogens (primary N) is 1. The number of rotatable bonds is 3. The molecule has 0 aromatic carbocycles. The molecule has 1 aliphatic rings. The van der Waals surface area contributed by atoms with E-state index in [1.807, 2.05) is 13.0 Å². The molecule has 0 atom stereocenters. The average Bonchev–Trinajstić information content (AvgIpc) is 2.63. The molecule has 1 heterocycles. The summed E-state index contributed by atoms with van der Waals surface area (Å²) in [4.78, 5) is 8.46. The molecule has 4 N–H and O–H groups in total. The molecule has 5 heteroatoms. The van der Waals surface area contributed by atoms with Crippen LogP contribution >= 0.6 is 0 Å². The van der Waals surface area contributed by atoms with Gasteiger partial charge in [-0.25, -0.2) is 10.8 Å². The summed E-state index contributed by atoms with van der Waals surface area (Å²) in [6.07, 6.45) is 4.97. The molecule has 1 aliphatic carbocycles. The van der Waals surface area contributed by atoms with Crippen LogP contribution in [0.4, 0.5) is 11.8 Å². The van der Waals surface area contributed by atoms with E-state index in [1.54, 1.807) is 0 Å². The van der Waals surface area contributed by atoms with Crippen molar-refractivity contribution >= 4 is 11.8 Å². The van der Waals surface area contributed by atoms with Gasteiger partial charge in [-0.2, -0.15) is 4.98 Å². The summed E-state index contributed by atoms with van der Waals surface area (Å²) < 4.78 is 0. The largest absolute Gasteiger partial charge is 0.365 e. The number of hydrogen-bond donors (Lipinski definition) is 3. The highest BCUT2D eigenvalue weighted by atomic mass is 15.3. The normalized spacial score (nSPS) is 18.4. The van der Waals surface area contributed by atoms with E-state index >= 15 is 0 Å². The van der Waals surface area contributed by atoms with Gasteiger partial charge >= 0.3 is 0 Å². The molecule has 1 aromatic heterocycles. The molecule has 0 aliphatic heterocycles. The summed E-state index contributed by atoms with van der Waals surface area (Å²) in [5.74, 6) is 6.64. The maximum atomic E-state index is 5.33. The summed E-state index contributed by atoms with van der Waals surface area (Å²) in [6, 6.07) is 1.95. The second-order valence-electron chi connectivity index (χ2n) is 4.76. The summed E-state index contributed by atoms with van der Waals surface area (Å²) in [7, 11) is 0. The smallest absolute Gasteiger partial charge is 0.239 e. The van der Waals surface area contributed by atoms with E-state index < -0.39 is 0 Å². The third kappa shape index (κ3) is 2.41. The summed E-state index contributed by atoms with van der Waals surface area (Å²) in [5, 5.41) is 3.49. The fourth-order valence-electron chi connectivity index (χ4n) is 2.29. The number of aryl methyl sites for hydroxylation is 1. The van der Waals surface area contributed by atoms with Crippen molar-refractivity contribution in [3.63, 3.8) is 0 Å². The first kappa shape index (κ1) is 11.1. The van der Waals surface area contributed by atoms with Gasteiger partial charge in [0.05, 0.1) is 0 Å². The van der Waals surface area contributed by atoms with Crippen molar-refractivity contribution in [1.82, 2.24) is 9.97 Å². The topological polar surface area (TPSA) is 75.9 Å². The van der Waals surface area contributed by atoms with Gasteiger partial charge in [-0.1, -0.05) is 12.8 Å². The monoisotopic (exact) mass is 221 g/mol. The predicted octanol–water partition coefficient (Wildman–Crippen LogP) is 1.82. The quantitative estimate of drug-likeness (QED) is 0.536. The molecule has 0 bridgehead atoms. The van der Waals surface area contributed by atoms with Gasteiger partial charge in [0.25, 0.3) is 0 Å². The highest BCUT2D eigenvalue weighted by molar-refractivity contribution is 5.43. The van der Waals surface area contributed by atoms with Crippen molar-refractivity contribution in [1.29, 1.82) is 0 Å². The Morgan fingerprint density at radius 2 is 2.00 bits per heavy atom. The van der Waals surface area contributed by atoms with Gasteiger partial charge in [0.15, 0.2) is 0 Å². The zero-order chi connectivity index (χ0) is 11.6. The van der Waals surface area contributed by atoms with Crippen LogP contribution in [0.25, 0.3) is 0 Å². The molecule has 0 radical (unpaired) electrons. The molecular weight excluding hydrogens is 202 g/mol. The second kappa shape index (κ2) is 4.25. The molecule has 2 rings (SSSR count). The van der Waals surface area contributed by atoms with E-state index in [-0.39, 0.29) is 5.54 Å². The second-order valence-corrected chi connectivity index (χ2v) is 4.76. The third-order valence-corrected chi connectivity index (χ3v) is 3.12. The van der Waals surface area contributed by atoms with Crippen molar-refractivity contribution < 1.29 is 0 Å². The number of nitrogens with one attached hydrogen (secondary N) is 2. The van der Waals surface area contributed by atoms with Gasteiger partial charge in [-0.15, -0.1) is 0 Å². The van der Waals surface area contributed by atoms with Crippen molar-refractivity contribution in [2.24, 2.45) is 5.84 Å². The summed E-state index contributed by atoms with van der Waals surface area (Å²) >= 11 is 0. The number of nitrogens with zero attached hydrogens (tertiary/aromatic N) is 2. The van der Waals surface area contributed by atoms with Crippen molar-refractivity contribution in [3.8, 4) is 0 Å². The Bertz CT molecular complexity index is 371. The molecule has 1 aromatic rings. The Kier molecular flexibility index (Phi) is 2.96. The molecule has 16 heavy (non-hydrogen) atoms. The molecular formula is C11H19N5. The fraction of sp³-hybridized carbons (Fsp3) is 0.636. The lowest BCUT2D eigenvalue weighted by atomic mass is 10.0. The van der Waals surface area contributed by atoms with Gasteiger partial charge in [0.2, 0.25) is 5.95 Å². The minimum Gasteiger partial charge on any atom is -0.365 e. The summed E-state index contributed by atoms with van der Waals surface area (Å²) in [6.45, 7) is 4.18. The van der Waals surface area contributed by atoms with Crippen molar-refractivity contribution in [3.05, 3.63) is 11.8 Å². The van der Waals surface area contributed by atoms with Gasteiger partial charge in [0, 0.05) is 17.3 Å². The number of aromatic nitrogens is 2. The van der Waals surface area contributed by atoms with Gasteiger partial charge in [0.1, 0.15) is 5.82 Å². The minimum atomic E-state index is 0.173. The first-order valence-electron chi connectivity index (χ1n) is 5.72. The Hall–Kier alpha value is -1.36. The van der Waals surface area contributed by atoms with Crippen LogP contribution in [0.3, 0.4) is 0 Å². The highest BCUT2D eigenvalue weighted by Crippen LogP contribution is 2.32. The molecule has 0 saturated heterocycles. The zero-order valence-corrected chi connectivity index (χ0v) is 9.88. The molecule has 0 spiro atoms. The highest BCUT2D eigenvalue weighted by Gasteiger charge is 2.28. The molecule has 0 unspecified atom stereocenters. The Morgan fingerprint density at radius 1 is 1.31 bits per heavy atom. The third-order valence-electron chi connectivity index (χ3n) is 3.12. The van der Waals surface area contributed by atoms with E-state index in [4.69, 9.17) is 5.84 Å².